The largest absolute Gasteiger partial charge is 0.480 e. The Kier molecular flexibility index (Phi) is 6.81. The van der Waals surface area contributed by atoms with Gasteiger partial charge in [-0.05, 0) is 57.5 Å². The van der Waals surface area contributed by atoms with Gasteiger partial charge in [-0.2, -0.15) is 9.97 Å². The second-order valence-corrected chi connectivity index (χ2v) is 7.95. The number of aromatic nitrogens is 2. The van der Waals surface area contributed by atoms with E-state index in [0.29, 0.717) is 9.37 Å². The normalized spacial score (nSPS) is 11.6. The summed E-state index contributed by atoms with van der Waals surface area (Å²) in [5.74, 6) is -0.154. The van der Waals surface area contributed by atoms with Crippen LogP contribution in [-0.4, -0.2) is 47.6 Å². The maximum Gasteiger partial charge on any atom is 0.427 e. The smallest absolute Gasteiger partial charge is 0.427 e. The molecule has 0 aliphatic rings. The molecule has 0 aliphatic carbocycles. The van der Waals surface area contributed by atoms with Gasteiger partial charge in [-0.15, -0.1) is 4.90 Å². The first-order valence-electron chi connectivity index (χ1n) is 7.70. The molecule has 1 aromatic rings. The third kappa shape index (κ3) is 6.01. The summed E-state index contributed by atoms with van der Waals surface area (Å²) in [7, 11) is 2.75. The first-order valence-corrected chi connectivity index (χ1v) is 8.50. The van der Waals surface area contributed by atoms with Crippen molar-refractivity contribution in [1.82, 2.24) is 9.97 Å². The number of rotatable bonds is 3. The molecule has 0 fully saturated rings. The minimum atomic E-state index is -0.988. The van der Waals surface area contributed by atoms with E-state index in [4.69, 9.17) is 18.9 Å². The van der Waals surface area contributed by atoms with Gasteiger partial charge in [0.25, 0.3) is 5.95 Å². The Morgan fingerprint density at radius 3 is 1.46 bits per heavy atom. The Morgan fingerprint density at radius 2 is 1.19 bits per heavy atom. The fraction of sp³-hybridized carbons (Fsp3) is 0.625. The standard InChI is InChI=1S/C16H24BrN3O6/c1-15(2,3)25-13(21)20(14(22)26-16(4,5)6)12-18-10(23-7)9(17)11(19-12)24-8/h1-8H3. The van der Waals surface area contributed by atoms with Crippen LogP contribution in [0.3, 0.4) is 0 Å². The van der Waals surface area contributed by atoms with Crippen molar-refractivity contribution in [3.05, 3.63) is 4.47 Å². The lowest BCUT2D eigenvalue weighted by molar-refractivity contribution is 0.0427. The molecule has 1 heterocycles. The van der Waals surface area contributed by atoms with Crippen molar-refractivity contribution in [3.63, 3.8) is 0 Å². The highest BCUT2D eigenvalue weighted by molar-refractivity contribution is 9.10. The van der Waals surface area contributed by atoms with Crippen molar-refractivity contribution in [2.75, 3.05) is 19.1 Å². The summed E-state index contributed by atoms with van der Waals surface area (Å²) in [5, 5.41) is 0. The van der Waals surface area contributed by atoms with E-state index in [1.165, 1.54) is 14.2 Å². The number of anilines is 1. The van der Waals surface area contributed by atoms with Crippen molar-refractivity contribution >= 4 is 34.1 Å². The predicted octanol–water partition coefficient (Wildman–Crippen LogP) is 3.93. The zero-order valence-electron chi connectivity index (χ0n) is 16.2. The minimum Gasteiger partial charge on any atom is -0.480 e. The number of carbonyl (C=O) groups excluding carboxylic acids is 2. The predicted molar refractivity (Wildman–Crippen MR) is 97.8 cm³/mol. The number of ether oxygens (including phenoxy) is 4. The van der Waals surface area contributed by atoms with Crippen LogP contribution in [0.1, 0.15) is 41.5 Å². The topological polar surface area (TPSA) is 100 Å². The van der Waals surface area contributed by atoms with E-state index in [2.05, 4.69) is 25.9 Å². The molecule has 0 atom stereocenters. The summed E-state index contributed by atoms with van der Waals surface area (Å²) in [6, 6.07) is 0. The summed E-state index contributed by atoms with van der Waals surface area (Å²) in [6.45, 7) is 10.0. The van der Waals surface area contributed by atoms with Crippen LogP contribution in [0.4, 0.5) is 15.5 Å². The molecule has 0 saturated heterocycles. The third-order valence-electron chi connectivity index (χ3n) is 2.52. The van der Waals surface area contributed by atoms with Gasteiger partial charge in [0, 0.05) is 0 Å². The molecule has 0 aromatic carbocycles. The number of hydrogen-bond donors (Lipinski definition) is 0. The van der Waals surface area contributed by atoms with Crippen molar-refractivity contribution in [2.24, 2.45) is 0 Å². The maximum absolute atomic E-state index is 12.6. The Hall–Kier alpha value is -2.10. The van der Waals surface area contributed by atoms with E-state index in [-0.39, 0.29) is 17.7 Å². The highest BCUT2D eigenvalue weighted by Crippen LogP contribution is 2.33. The number of amides is 2. The molecule has 0 radical (unpaired) electrons. The van der Waals surface area contributed by atoms with Crippen LogP contribution < -0.4 is 14.4 Å². The van der Waals surface area contributed by atoms with Gasteiger partial charge in [-0.25, -0.2) is 9.59 Å². The van der Waals surface area contributed by atoms with Gasteiger partial charge >= 0.3 is 12.2 Å². The molecule has 0 N–H and O–H groups in total. The van der Waals surface area contributed by atoms with Crippen molar-refractivity contribution < 1.29 is 28.5 Å². The van der Waals surface area contributed by atoms with Crippen LogP contribution in [0.15, 0.2) is 4.47 Å². The molecule has 146 valence electrons. The van der Waals surface area contributed by atoms with E-state index >= 15 is 0 Å². The molecule has 0 saturated carbocycles. The Balaban J connectivity index is 3.45. The number of nitrogens with zero attached hydrogens (tertiary/aromatic N) is 3. The Labute approximate surface area is 161 Å². The first kappa shape index (κ1) is 21.9. The van der Waals surface area contributed by atoms with Gasteiger partial charge in [-0.1, -0.05) is 0 Å². The van der Waals surface area contributed by atoms with E-state index < -0.39 is 23.4 Å². The first-order chi connectivity index (χ1) is 11.8. The van der Waals surface area contributed by atoms with Gasteiger partial charge in [0.1, 0.15) is 15.7 Å². The van der Waals surface area contributed by atoms with E-state index in [9.17, 15) is 9.59 Å². The van der Waals surface area contributed by atoms with Crippen LogP contribution in [0.2, 0.25) is 0 Å². The molecule has 0 spiro atoms. The van der Waals surface area contributed by atoms with Gasteiger partial charge in [-0.3, -0.25) is 0 Å². The lowest BCUT2D eigenvalue weighted by atomic mass is 10.2. The van der Waals surface area contributed by atoms with E-state index in [1.54, 1.807) is 41.5 Å². The summed E-state index contributed by atoms with van der Waals surface area (Å²) < 4.78 is 21.2. The molecular weight excluding hydrogens is 410 g/mol. The Morgan fingerprint density at radius 1 is 0.846 bits per heavy atom. The lowest BCUT2D eigenvalue weighted by Gasteiger charge is -2.27. The molecule has 26 heavy (non-hydrogen) atoms. The number of imide groups is 1. The second-order valence-electron chi connectivity index (χ2n) is 7.15. The quantitative estimate of drug-likeness (QED) is 0.706. The van der Waals surface area contributed by atoms with Gasteiger partial charge in [0.2, 0.25) is 11.8 Å². The van der Waals surface area contributed by atoms with Gasteiger partial charge in [0.15, 0.2) is 0 Å². The molecular formula is C16H24BrN3O6. The summed E-state index contributed by atoms with van der Waals surface area (Å²) in [4.78, 5) is 33.9. The monoisotopic (exact) mass is 433 g/mol. The molecule has 1 rings (SSSR count). The highest BCUT2D eigenvalue weighted by Gasteiger charge is 2.35. The number of carbonyl (C=O) groups is 2. The highest BCUT2D eigenvalue weighted by atomic mass is 79.9. The lowest BCUT2D eigenvalue weighted by Crippen LogP contribution is -2.44. The molecule has 9 nitrogen and oxygen atoms in total. The van der Waals surface area contributed by atoms with Crippen LogP contribution in [0.25, 0.3) is 0 Å². The fourth-order valence-corrected chi connectivity index (χ4v) is 2.12. The number of halogens is 1. The van der Waals surface area contributed by atoms with Crippen LogP contribution in [0, 0.1) is 0 Å². The average molecular weight is 434 g/mol. The third-order valence-corrected chi connectivity index (χ3v) is 3.20. The van der Waals surface area contributed by atoms with Crippen molar-refractivity contribution in [3.8, 4) is 11.8 Å². The number of methoxy groups -OCH3 is 2. The fourth-order valence-electron chi connectivity index (χ4n) is 1.62. The van der Waals surface area contributed by atoms with Crippen LogP contribution >= 0.6 is 15.9 Å². The van der Waals surface area contributed by atoms with E-state index in [1.807, 2.05) is 0 Å². The summed E-state index contributed by atoms with van der Waals surface area (Å²) >= 11 is 3.23. The maximum atomic E-state index is 12.6. The van der Waals surface area contributed by atoms with E-state index in [0.717, 1.165) is 0 Å². The molecule has 0 aliphatic heterocycles. The van der Waals surface area contributed by atoms with Crippen molar-refractivity contribution in [1.29, 1.82) is 0 Å². The minimum absolute atomic E-state index is 0.0731. The molecule has 1 aromatic heterocycles. The SMILES string of the molecule is COc1nc(N(C(=O)OC(C)(C)C)C(=O)OC(C)(C)C)nc(OC)c1Br. The Bertz CT molecular complexity index is 629. The molecule has 10 heteroatoms. The van der Waals surface area contributed by atoms with Gasteiger partial charge in [0.05, 0.1) is 14.2 Å². The zero-order chi connectivity index (χ0) is 20.3. The van der Waals surface area contributed by atoms with Crippen molar-refractivity contribution in [2.45, 2.75) is 52.7 Å². The average Bonchev–Trinajstić information content (AvgIpc) is 2.44. The molecule has 0 bridgehead atoms. The number of hydrogen-bond acceptors (Lipinski definition) is 8. The summed E-state index contributed by atoms with van der Waals surface area (Å²) in [5.41, 5.74) is -1.69. The summed E-state index contributed by atoms with van der Waals surface area (Å²) in [6.07, 6.45) is -1.98. The zero-order valence-corrected chi connectivity index (χ0v) is 17.8. The molecule has 0 unspecified atom stereocenters. The second kappa shape index (κ2) is 8.07. The van der Waals surface area contributed by atoms with Crippen LogP contribution in [0.5, 0.6) is 11.8 Å². The van der Waals surface area contributed by atoms with Crippen LogP contribution in [-0.2, 0) is 9.47 Å². The molecule has 2 amide bonds. The van der Waals surface area contributed by atoms with Gasteiger partial charge < -0.3 is 18.9 Å².